The predicted molar refractivity (Wildman–Crippen MR) is 159 cm³/mol. The number of ether oxygens (including phenoxy) is 1. The molecule has 42 heavy (non-hydrogen) atoms. The number of nitrogens with one attached hydrogen (secondary N) is 2. The van der Waals surface area contributed by atoms with Gasteiger partial charge in [-0.25, -0.2) is 5.26 Å². The van der Waals surface area contributed by atoms with E-state index in [2.05, 4.69) is 26.6 Å². The molecule has 224 valence electrons. The molecule has 1 aliphatic heterocycles. The summed E-state index contributed by atoms with van der Waals surface area (Å²) in [5.41, 5.74) is 4.85. The number of benzene rings is 2. The first-order valence-corrected chi connectivity index (χ1v) is 15.2. The number of fused-ring (bicyclic) bond motifs is 3. The Morgan fingerprint density at radius 2 is 1.98 bits per heavy atom. The molecule has 0 saturated carbocycles. The highest BCUT2D eigenvalue weighted by molar-refractivity contribution is 8.00. The molecule has 11 nitrogen and oxygen atoms in total. The normalized spacial score (nSPS) is 17.2. The first-order chi connectivity index (χ1) is 20.2. The zero-order valence-corrected chi connectivity index (χ0v) is 25.0. The Balaban J connectivity index is 1.42. The molecule has 1 heterocycles. The molecule has 3 amide bonds. The van der Waals surface area contributed by atoms with Crippen LogP contribution in [0.2, 0.25) is 0 Å². The molecule has 2 unspecified atom stereocenters. The quantitative estimate of drug-likeness (QED) is 0.0651. The Labute approximate surface area is 252 Å². The third-order valence-electron chi connectivity index (χ3n) is 7.09. The molecular formula is C29H33N3O8S2. The van der Waals surface area contributed by atoms with Gasteiger partial charge in [0.1, 0.15) is 6.61 Å². The van der Waals surface area contributed by atoms with Gasteiger partial charge in [0.2, 0.25) is 17.7 Å². The number of rotatable bonds is 15. The van der Waals surface area contributed by atoms with Crippen molar-refractivity contribution < 1.29 is 38.5 Å². The van der Waals surface area contributed by atoms with Crippen molar-refractivity contribution in [1.29, 1.82) is 0 Å². The molecule has 13 heteroatoms. The number of anilines is 1. The summed E-state index contributed by atoms with van der Waals surface area (Å²) in [5.74, 6) is -0.828. The summed E-state index contributed by atoms with van der Waals surface area (Å²) in [6, 6.07) is 11.0. The van der Waals surface area contributed by atoms with E-state index in [9.17, 15) is 19.2 Å². The monoisotopic (exact) mass is 615 g/mol. The molecule has 4 rings (SSSR count). The first kappa shape index (κ1) is 31.6. The van der Waals surface area contributed by atoms with Gasteiger partial charge in [0.15, 0.2) is 0 Å². The van der Waals surface area contributed by atoms with E-state index in [1.54, 1.807) is 18.2 Å². The number of carbonyl (C=O) groups is 4. The van der Waals surface area contributed by atoms with Crippen molar-refractivity contribution in [2.75, 3.05) is 31.3 Å². The van der Waals surface area contributed by atoms with Crippen molar-refractivity contribution in [3.05, 3.63) is 59.8 Å². The van der Waals surface area contributed by atoms with Crippen LogP contribution in [0.25, 0.3) is 11.1 Å². The van der Waals surface area contributed by atoms with Crippen LogP contribution in [0, 0.1) is 0 Å². The number of allylic oxidation sites excluding steroid dienone is 1. The first-order valence-electron chi connectivity index (χ1n) is 13.4. The molecule has 3 N–H and O–H groups in total. The van der Waals surface area contributed by atoms with Crippen LogP contribution in [0.4, 0.5) is 5.69 Å². The van der Waals surface area contributed by atoms with E-state index < -0.39 is 11.2 Å². The zero-order valence-electron chi connectivity index (χ0n) is 23.3. The molecule has 1 fully saturated rings. The van der Waals surface area contributed by atoms with Gasteiger partial charge in [0, 0.05) is 61.1 Å². The Morgan fingerprint density at radius 1 is 1.17 bits per heavy atom. The number of hydrogen-bond donors (Lipinski definition) is 3. The molecule has 0 bridgehead atoms. The SMILES string of the molecule is C=C(CCCSC1CC(=O)N(CCC(=O)Nc2cccc3c2-c2ccc(SOOO)cc2C3COC(C)=O)C1=O)NC. The van der Waals surface area contributed by atoms with Gasteiger partial charge in [-0.3, -0.25) is 24.1 Å². The van der Waals surface area contributed by atoms with Crippen molar-refractivity contribution in [2.45, 2.75) is 48.7 Å². The molecule has 1 saturated heterocycles. The Morgan fingerprint density at radius 3 is 2.71 bits per heavy atom. The van der Waals surface area contributed by atoms with Crippen LogP contribution in [0.15, 0.2) is 53.6 Å². The second kappa shape index (κ2) is 14.7. The van der Waals surface area contributed by atoms with Crippen LogP contribution < -0.4 is 10.6 Å². The van der Waals surface area contributed by atoms with Crippen molar-refractivity contribution in [3.63, 3.8) is 0 Å². The number of imide groups is 1. The zero-order chi connectivity index (χ0) is 30.2. The lowest BCUT2D eigenvalue weighted by Crippen LogP contribution is -2.34. The molecule has 0 aromatic heterocycles. The fraction of sp³-hybridized carbons (Fsp3) is 0.379. The minimum atomic E-state index is -0.427. The number of likely N-dealkylation sites (tertiary alicyclic amines) is 1. The van der Waals surface area contributed by atoms with Crippen LogP contribution >= 0.6 is 23.8 Å². The highest BCUT2D eigenvalue weighted by Gasteiger charge is 2.38. The summed E-state index contributed by atoms with van der Waals surface area (Å²) >= 11 is 2.28. The van der Waals surface area contributed by atoms with E-state index in [0.717, 1.165) is 58.6 Å². The molecule has 2 atom stereocenters. The number of carbonyl (C=O) groups excluding carboxylic acids is 4. The van der Waals surface area contributed by atoms with Crippen LogP contribution in [-0.4, -0.2) is 65.1 Å². The van der Waals surface area contributed by atoms with Crippen LogP contribution in [-0.2, 0) is 33.3 Å². The van der Waals surface area contributed by atoms with Crippen LogP contribution in [0.5, 0.6) is 0 Å². The lowest BCUT2D eigenvalue weighted by Gasteiger charge is -2.16. The van der Waals surface area contributed by atoms with Crippen LogP contribution in [0.3, 0.4) is 0 Å². The largest absolute Gasteiger partial charge is 0.465 e. The third kappa shape index (κ3) is 7.53. The van der Waals surface area contributed by atoms with Gasteiger partial charge in [0.05, 0.1) is 17.3 Å². The average molecular weight is 616 g/mol. The summed E-state index contributed by atoms with van der Waals surface area (Å²) in [6.45, 7) is 5.33. The highest BCUT2D eigenvalue weighted by Crippen LogP contribution is 2.49. The minimum Gasteiger partial charge on any atom is -0.465 e. The maximum Gasteiger partial charge on any atom is 0.302 e. The van der Waals surface area contributed by atoms with Gasteiger partial charge in [0.25, 0.3) is 0 Å². The molecule has 2 aromatic carbocycles. The van der Waals surface area contributed by atoms with Gasteiger partial charge in [-0.1, -0.05) is 29.8 Å². The van der Waals surface area contributed by atoms with E-state index in [-0.39, 0.29) is 49.6 Å². The highest BCUT2D eigenvalue weighted by atomic mass is 32.2. The minimum absolute atomic E-state index is 0.00528. The second-order valence-corrected chi connectivity index (χ2v) is 11.9. The van der Waals surface area contributed by atoms with Crippen molar-refractivity contribution in [3.8, 4) is 11.1 Å². The second-order valence-electron chi connectivity index (χ2n) is 9.80. The predicted octanol–water partition coefficient (Wildman–Crippen LogP) is 4.49. The van der Waals surface area contributed by atoms with E-state index >= 15 is 0 Å². The van der Waals surface area contributed by atoms with E-state index in [1.165, 1.54) is 23.6 Å². The van der Waals surface area contributed by atoms with E-state index in [0.29, 0.717) is 10.6 Å². The van der Waals surface area contributed by atoms with Gasteiger partial charge in [-0.2, -0.15) is 0 Å². The topological polar surface area (TPSA) is 144 Å². The van der Waals surface area contributed by atoms with E-state index in [1.807, 2.05) is 25.2 Å². The standard InChI is InChI=1S/C29H33N3O8S2/c1-17(30-3)6-5-13-41-25-15-27(35)32(29(25)36)12-11-26(34)31-24-8-4-7-20-23(16-38-18(2)33)22-14-19(42-40-39-37)9-10-21(22)28(20)24/h4,7-10,14,23,25,30,37H,1,5-6,11-13,15-16H2,2-3H3,(H,31,34). The average Bonchev–Trinajstić information content (AvgIpc) is 3.43. The fourth-order valence-corrected chi connectivity index (χ4v) is 6.59. The summed E-state index contributed by atoms with van der Waals surface area (Å²) in [7, 11) is 1.82. The van der Waals surface area contributed by atoms with Crippen molar-refractivity contribution in [1.82, 2.24) is 10.2 Å². The fourth-order valence-electron chi connectivity index (χ4n) is 5.06. The maximum absolute atomic E-state index is 13.0. The van der Waals surface area contributed by atoms with Gasteiger partial charge in [-0.15, -0.1) is 16.1 Å². The molecular weight excluding hydrogens is 582 g/mol. The lowest BCUT2D eigenvalue weighted by atomic mass is 9.98. The summed E-state index contributed by atoms with van der Waals surface area (Å²) in [4.78, 5) is 51.9. The number of hydrogen-bond acceptors (Lipinski definition) is 11. The van der Waals surface area contributed by atoms with Gasteiger partial charge >= 0.3 is 5.97 Å². The smallest absolute Gasteiger partial charge is 0.302 e. The Hall–Kier alpha value is -3.36. The third-order valence-corrected chi connectivity index (χ3v) is 8.96. The summed E-state index contributed by atoms with van der Waals surface area (Å²) in [5, 5.41) is 17.7. The maximum atomic E-state index is 13.0. The lowest BCUT2D eigenvalue weighted by molar-refractivity contribution is -0.432. The Kier molecular flexibility index (Phi) is 11.0. The number of thioether (sulfide) groups is 1. The molecule has 1 aliphatic carbocycles. The molecule has 0 spiro atoms. The van der Waals surface area contributed by atoms with Gasteiger partial charge in [-0.05, 0) is 53.5 Å². The number of nitrogens with zero attached hydrogens (tertiary/aromatic N) is 1. The van der Waals surface area contributed by atoms with Crippen molar-refractivity contribution in [2.24, 2.45) is 0 Å². The van der Waals surface area contributed by atoms with Gasteiger partial charge < -0.3 is 15.4 Å². The van der Waals surface area contributed by atoms with Crippen molar-refractivity contribution >= 4 is 53.2 Å². The number of amides is 3. The molecule has 2 aliphatic rings. The molecule has 0 radical (unpaired) electrons. The summed E-state index contributed by atoms with van der Waals surface area (Å²) in [6.07, 6.45) is 1.74. The van der Waals surface area contributed by atoms with Crippen LogP contribution in [0.1, 0.15) is 49.7 Å². The number of esters is 1. The summed E-state index contributed by atoms with van der Waals surface area (Å²) < 4.78 is 9.91. The Bertz CT molecular complexity index is 1370. The molecule has 2 aromatic rings. The van der Waals surface area contributed by atoms with E-state index in [4.69, 9.17) is 9.99 Å².